The number of ether oxygens (including phenoxy) is 4. The molecule has 3 rings (SSSR count). The smallest absolute Gasteiger partial charge is 0.264 e. The van der Waals surface area contributed by atoms with Gasteiger partial charge in [-0.3, -0.25) is 0 Å². The summed E-state index contributed by atoms with van der Waals surface area (Å²) in [5, 5.41) is 0. The van der Waals surface area contributed by atoms with E-state index in [1.807, 2.05) is 57.2 Å². The molecule has 9 heteroatoms. The molecule has 176 valence electrons. The molecule has 0 radical (unpaired) electrons. The number of nitrogens with one attached hydrogen (secondary N) is 1. The second-order valence-corrected chi connectivity index (χ2v) is 9.90. The van der Waals surface area contributed by atoms with Gasteiger partial charge in [0, 0.05) is 27.5 Å². The molecule has 0 aliphatic carbocycles. The van der Waals surface area contributed by atoms with Gasteiger partial charge in [-0.1, -0.05) is 29.8 Å². The maximum atomic E-state index is 6.23. The third-order valence-corrected chi connectivity index (χ3v) is 5.52. The summed E-state index contributed by atoms with van der Waals surface area (Å²) in [6.07, 6.45) is 0. The third kappa shape index (κ3) is 7.94. The van der Waals surface area contributed by atoms with Crippen molar-refractivity contribution in [3.05, 3.63) is 57.9 Å². The number of benzene rings is 2. The number of halogens is 1. The quantitative estimate of drug-likeness (QED) is 0.126. The van der Waals surface area contributed by atoms with Crippen LogP contribution in [0.3, 0.4) is 0 Å². The first-order chi connectivity index (χ1) is 15.7. The van der Waals surface area contributed by atoms with E-state index in [1.165, 1.54) is 17.5 Å². The Bertz CT molecular complexity index is 1060. The Hall–Kier alpha value is -2.24. The van der Waals surface area contributed by atoms with Crippen LogP contribution in [0.5, 0.6) is 23.1 Å². The molecule has 1 aromatic heterocycles. The van der Waals surface area contributed by atoms with Crippen LogP contribution in [0, 0.1) is 10.8 Å². The van der Waals surface area contributed by atoms with Gasteiger partial charge < -0.3 is 23.7 Å². The third-order valence-electron chi connectivity index (χ3n) is 4.23. The maximum absolute atomic E-state index is 6.23. The highest BCUT2D eigenvalue weighted by Gasteiger charge is 2.20. The standard InChI is InChI=1S/C24H28IN3O4S/c1-16-10-12-17(13-11-16)33-28-21-20(32-19-9-7-6-8-18(19)29-5)22(27-23(25)26-21)30-14-15-31-24(2,3)4/h6-13H,14-15H2,1-5H3,(H,26,27,28). The summed E-state index contributed by atoms with van der Waals surface area (Å²) in [6.45, 7) is 8.79. The number of para-hydroxylation sites is 2. The summed E-state index contributed by atoms with van der Waals surface area (Å²) in [5.41, 5.74) is 0.946. The second-order valence-electron chi connectivity index (χ2n) is 8.05. The maximum Gasteiger partial charge on any atom is 0.264 e. The molecule has 0 amide bonds. The van der Waals surface area contributed by atoms with E-state index in [0.29, 0.717) is 46.0 Å². The van der Waals surface area contributed by atoms with Crippen molar-refractivity contribution in [2.45, 2.75) is 38.2 Å². The van der Waals surface area contributed by atoms with Crippen LogP contribution in [0.4, 0.5) is 5.82 Å². The Kier molecular flexibility index (Phi) is 9.04. The zero-order valence-electron chi connectivity index (χ0n) is 19.3. The molecule has 0 spiro atoms. The molecule has 3 aromatic rings. The van der Waals surface area contributed by atoms with Crippen molar-refractivity contribution in [1.29, 1.82) is 0 Å². The highest BCUT2D eigenvalue weighted by atomic mass is 127. The lowest BCUT2D eigenvalue weighted by Gasteiger charge is -2.20. The molecule has 0 fully saturated rings. The molecule has 0 bridgehead atoms. The van der Waals surface area contributed by atoms with E-state index in [4.69, 9.17) is 18.9 Å². The molecule has 1 N–H and O–H groups in total. The molecule has 33 heavy (non-hydrogen) atoms. The molecule has 0 saturated carbocycles. The van der Waals surface area contributed by atoms with E-state index in [-0.39, 0.29) is 5.60 Å². The molecule has 1 heterocycles. The summed E-state index contributed by atoms with van der Waals surface area (Å²) in [6, 6.07) is 15.6. The van der Waals surface area contributed by atoms with E-state index in [9.17, 15) is 0 Å². The van der Waals surface area contributed by atoms with Crippen molar-refractivity contribution in [3.63, 3.8) is 0 Å². The van der Waals surface area contributed by atoms with Crippen LogP contribution < -0.4 is 18.9 Å². The zero-order valence-corrected chi connectivity index (χ0v) is 22.3. The fourth-order valence-corrected chi connectivity index (χ4v) is 3.76. The number of rotatable bonds is 10. The highest BCUT2D eigenvalue weighted by Crippen LogP contribution is 2.41. The first-order valence-corrected chi connectivity index (χ1v) is 12.3. The molecule has 0 aliphatic heterocycles. The largest absolute Gasteiger partial charge is 0.493 e. The lowest BCUT2D eigenvalue weighted by molar-refractivity contribution is -0.0170. The van der Waals surface area contributed by atoms with E-state index in [1.54, 1.807) is 7.11 Å². The lowest BCUT2D eigenvalue weighted by atomic mass is 10.2. The highest BCUT2D eigenvalue weighted by molar-refractivity contribution is 14.1. The van der Waals surface area contributed by atoms with Crippen molar-refractivity contribution in [2.75, 3.05) is 25.0 Å². The number of methoxy groups -OCH3 is 1. The van der Waals surface area contributed by atoms with Gasteiger partial charge in [0.05, 0.1) is 19.3 Å². The number of aryl methyl sites for hydroxylation is 1. The summed E-state index contributed by atoms with van der Waals surface area (Å²) in [7, 11) is 1.60. The van der Waals surface area contributed by atoms with Gasteiger partial charge in [0.2, 0.25) is 5.75 Å². The van der Waals surface area contributed by atoms with Gasteiger partial charge in [0.15, 0.2) is 21.1 Å². The first-order valence-electron chi connectivity index (χ1n) is 10.4. The van der Waals surface area contributed by atoms with E-state index in [0.717, 1.165) is 4.90 Å². The van der Waals surface area contributed by atoms with Gasteiger partial charge in [-0.2, -0.15) is 4.98 Å². The van der Waals surface area contributed by atoms with Crippen LogP contribution in [0.15, 0.2) is 53.4 Å². The summed E-state index contributed by atoms with van der Waals surface area (Å²) in [5.74, 6) is 2.32. The molecular formula is C24H28IN3O4S. The van der Waals surface area contributed by atoms with Gasteiger partial charge >= 0.3 is 0 Å². The van der Waals surface area contributed by atoms with Crippen molar-refractivity contribution >= 4 is 40.4 Å². The van der Waals surface area contributed by atoms with Crippen molar-refractivity contribution in [2.24, 2.45) is 0 Å². The molecule has 0 unspecified atom stereocenters. The average molecular weight is 581 g/mol. The van der Waals surface area contributed by atoms with Gasteiger partial charge in [-0.25, -0.2) is 4.98 Å². The van der Waals surface area contributed by atoms with Crippen LogP contribution in [0.1, 0.15) is 26.3 Å². The molecule has 0 atom stereocenters. The fourth-order valence-electron chi connectivity index (χ4n) is 2.68. The van der Waals surface area contributed by atoms with E-state index in [2.05, 4.69) is 56.3 Å². The van der Waals surface area contributed by atoms with Gasteiger partial charge in [-0.15, -0.1) is 0 Å². The van der Waals surface area contributed by atoms with Crippen LogP contribution >= 0.6 is 34.5 Å². The summed E-state index contributed by atoms with van der Waals surface area (Å²) in [4.78, 5) is 10.1. The minimum Gasteiger partial charge on any atom is -0.493 e. The molecule has 0 aliphatic rings. The summed E-state index contributed by atoms with van der Waals surface area (Å²) < 4.78 is 27.2. The Morgan fingerprint density at radius 3 is 2.33 bits per heavy atom. The van der Waals surface area contributed by atoms with Gasteiger partial charge in [0.1, 0.15) is 6.61 Å². The monoisotopic (exact) mass is 581 g/mol. The van der Waals surface area contributed by atoms with Gasteiger partial charge in [0.25, 0.3) is 5.88 Å². The lowest BCUT2D eigenvalue weighted by Crippen LogP contribution is -2.22. The van der Waals surface area contributed by atoms with Gasteiger partial charge in [-0.05, 0) is 63.9 Å². The van der Waals surface area contributed by atoms with Crippen molar-refractivity contribution < 1.29 is 18.9 Å². The molecule has 0 saturated heterocycles. The Morgan fingerprint density at radius 2 is 1.67 bits per heavy atom. The Morgan fingerprint density at radius 1 is 0.970 bits per heavy atom. The number of anilines is 1. The molecule has 7 nitrogen and oxygen atoms in total. The Labute approximate surface area is 212 Å². The predicted octanol–water partition coefficient (Wildman–Crippen LogP) is 6.50. The number of hydrogen-bond acceptors (Lipinski definition) is 8. The van der Waals surface area contributed by atoms with E-state index < -0.39 is 0 Å². The molecule has 2 aromatic carbocycles. The number of aromatic nitrogens is 2. The fraction of sp³-hybridized carbons (Fsp3) is 0.333. The average Bonchev–Trinajstić information content (AvgIpc) is 2.77. The topological polar surface area (TPSA) is 74.7 Å². The van der Waals surface area contributed by atoms with Crippen molar-refractivity contribution in [1.82, 2.24) is 9.97 Å². The SMILES string of the molecule is COc1ccccc1Oc1c(NSc2ccc(C)cc2)nc(I)nc1OCCOC(C)(C)C. The van der Waals surface area contributed by atoms with Crippen LogP contribution in [-0.2, 0) is 4.74 Å². The molecular weight excluding hydrogens is 553 g/mol. The first kappa shape index (κ1) is 25.4. The number of nitrogens with zero attached hydrogens (tertiary/aromatic N) is 2. The number of hydrogen-bond donors (Lipinski definition) is 1. The summed E-state index contributed by atoms with van der Waals surface area (Å²) >= 11 is 3.49. The predicted molar refractivity (Wildman–Crippen MR) is 140 cm³/mol. The van der Waals surface area contributed by atoms with Crippen LogP contribution in [0.2, 0.25) is 0 Å². The normalized spacial score (nSPS) is 11.2. The van der Waals surface area contributed by atoms with E-state index >= 15 is 0 Å². The van der Waals surface area contributed by atoms with Crippen LogP contribution in [0.25, 0.3) is 0 Å². The second kappa shape index (κ2) is 11.8. The minimum absolute atomic E-state index is 0.252. The van der Waals surface area contributed by atoms with Crippen molar-refractivity contribution in [3.8, 4) is 23.1 Å². The minimum atomic E-state index is -0.252. The Balaban J connectivity index is 1.88. The zero-order chi connectivity index (χ0) is 23.8. The van der Waals surface area contributed by atoms with Crippen LogP contribution in [-0.4, -0.2) is 35.9 Å².